The van der Waals surface area contributed by atoms with Crippen molar-refractivity contribution in [2.45, 2.75) is 43.5 Å². The number of phenolic OH excluding ortho intramolecular Hbond substituents is 3. The highest BCUT2D eigenvalue weighted by atomic mass is 16.7. The molecule has 7 N–H and O–H groups in total. The average molecular weight is 450 g/mol. The molecular weight excluding hydrogens is 428 g/mol. The van der Waals surface area contributed by atoms with Gasteiger partial charge in [0.05, 0.1) is 0 Å². The number of aromatic hydroxyl groups is 3. The molecule has 11 heteroatoms. The zero-order chi connectivity index (χ0) is 23.6. The first kappa shape index (κ1) is 23.3. The summed E-state index contributed by atoms with van der Waals surface area (Å²) in [5, 5.41) is 68.3. The Morgan fingerprint density at radius 1 is 0.906 bits per heavy atom. The molecule has 0 aliphatic carbocycles. The molecule has 1 saturated heterocycles. The largest absolute Gasteiger partial charge is 0.508 e. The first-order chi connectivity index (χ1) is 15.1. The number of aliphatic hydroxyl groups excluding tert-OH is 3. The third kappa shape index (κ3) is 4.92. The number of benzene rings is 2. The Hall–Kier alpha value is -3.38. The van der Waals surface area contributed by atoms with Gasteiger partial charge in [-0.1, -0.05) is 12.1 Å². The second-order valence-corrected chi connectivity index (χ2v) is 7.28. The Bertz CT molecular complexity index is 988. The van der Waals surface area contributed by atoms with Crippen molar-refractivity contribution in [1.29, 1.82) is 0 Å². The summed E-state index contributed by atoms with van der Waals surface area (Å²) in [4.78, 5) is 24.0. The quantitative estimate of drug-likeness (QED) is 0.278. The lowest BCUT2D eigenvalue weighted by Gasteiger charge is -2.38. The number of carbonyl (C=O) groups is 2. The van der Waals surface area contributed by atoms with Gasteiger partial charge < -0.3 is 45.2 Å². The van der Waals surface area contributed by atoms with E-state index in [9.17, 15) is 40.2 Å². The minimum absolute atomic E-state index is 0.0601. The Labute approximate surface area is 181 Å². The van der Waals surface area contributed by atoms with Gasteiger partial charge in [0, 0.05) is 18.6 Å². The van der Waals surface area contributed by atoms with E-state index in [4.69, 9.17) is 14.6 Å². The molecule has 172 valence electrons. The van der Waals surface area contributed by atoms with E-state index in [2.05, 4.69) is 0 Å². The molecule has 1 fully saturated rings. The van der Waals surface area contributed by atoms with Gasteiger partial charge in [-0.05, 0) is 24.1 Å². The summed E-state index contributed by atoms with van der Waals surface area (Å²) in [7, 11) is 0. The van der Waals surface area contributed by atoms with Crippen molar-refractivity contribution in [3.63, 3.8) is 0 Å². The van der Waals surface area contributed by atoms with Crippen LogP contribution in [0, 0.1) is 0 Å². The second-order valence-electron chi connectivity index (χ2n) is 7.28. The summed E-state index contributed by atoms with van der Waals surface area (Å²) in [5.74, 6) is -3.71. The molecular formula is C21H22O11. The minimum Gasteiger partial charge on any atom is -0.508 e. The number of aryl methyl sites for hydroxylation is 1. The van der Waals surface area contributed by atoms with E-state index >= 15 is 0 Å². The topological polar surface area (TPSA) is 194 Å². The van der Waals surface area contributed by atoms with Gasteiger partial charge in [-0.25, -0.2) is 4.79 Å². The molecule has 1 heterocycles. The van der Waals surface area contributed by atoms with Gasteiger partial charge in [0.1, 0.15) is 46.9 Å². The number of phenols is 3. The molecule has 11 nitrogen and oxygen atoms in total. The molecule has 0 aromatic heterocycles. The number of ether oxygens (including phenoxy) is 2. The van der Waals surface area contributed by atoms with Crippen LogP contribution < -0.4 is 4.74 Å². The Kier molecular flexibility index (Phi) is 6.84. The van der Waals surface area contributed by atoms with Crippen LogP contribution in [0.2, 0.25) is 0 Å². The van der Waals surface area contributed by atoms with Crippen LogP contribution in [0.15, 0.2) is 36.4 Å². The first-order valence-electron chi connectivity index (χ1n) is 9.54. The van der Waals surface area contributed by atoms with E-state index in [0.29, 0.717) is 0 Å². The van der Waals surface area contributed by atoms with Crippen LogP contribution in [0.1, 0.15) is 22.3 Å². The lowest BCUT2D eigenvalue weighted by atomic mass is 9.98. The SMILES string of the molecule is O=C(CCc1ccc(O)cc1)c1c(O)cc(O)cc1OC1OC(C(=O)O)C(O)C(O)C1O. The minimum atomic E-state index is -1.94. The number of Topliss-reactive ketones (excluding diaryl/α,β-unsaturated/α-hetero) is 1. The number of rotatable bonds is 7. The third-order valence-corrected chi connectivity index (χ3v) is 4.98. The monoisotopic (exact) mass is 450 g/mol. The number of aliphatic carboxylic acids is 1. The van der Waals surface area contributed by atoms with E-state index in [-0.39, 0.29) is 24.2 Å². The van der Waals surface area contributed by atoms with E-state index in [1.165, 1.54) is 12.1 Å². The van der Waals surface area contributed by atoms with Crippen LogP contribution in [0.3, 0.4) is 0 Å². The highest BCUT2D eigenvalue weighted by Crippen LogP contribution is 2.36. The fourth-order valence-corrected chi connectivity index (χ4v) is 3.28. The average Bonchev–Trinajstić information content (AvgIpc) is 2.73. The predicted octanol–water partition coefficient (Wildman–Crippen LogP) is -0.110. The van der Waals surface area contributed by atoms with E-state index < -0.39 is 59.7 Å². The molecule has 0 amide bonds. The van der Waals surface area contributed by atoms with Crippen LogP contribution in [0.25, 0.3) is 0 Å². The van der Waals surface area contributed by atoms with Crippen LogP contribution >= 0.6 is 0 Å². The van der Waals surface area contributed by atoms with Crippen LogP contribution in [-0.2, 0) is 16.0 Å². The molecule has 32 heavy (non-hydrogen) atoms. The summed E-state index contributed by atoms with van der Waals surface area (Å²) in [6, 6.07) is 7.98. The highest BCUT2D eigenvalue weighted by Gasteiger charge is 2.48. The summed E-state index contributed by atoms with van der Waals surface area (Å²) in [6.07, 6.45) is -9.40. The maximum Gasteiger partial charge on any atom is 0.335 e. The third-order valence-electron chi connectivity index (χ3n) is 4.98. The van der Waals surface area contributed by atoms with Gasteiger partial charge in [-0.2, -0.15) is 0 Å². The van der Waals surface area contributed by atoms with Gasteiger partial charge >= 0.3 is 5.97 Å². The molecule has 5 atom stereocenters. The van der Waals surface area contributed by atoms with Gasteiger partial charge in [0.2, 0.25) is 6.29 Å². The maximum absolute atomic E-state index is 12.8. The molecule has 1 aliphatic rings. The van der Waals surface area contributed by atoms with Gasteiger partial charge in [-0.3, -0.25) is 4.79 Å². The Morgan fingerprint density at radius 2 is 1.56 bits per heavy atom. The number of carbonyl (C=O) groups excluding carboxylic acids is 1. The smallest absolute Gasteiger partial charge is 0.335 e. The predicted molar refractivity (Wildman–Crippen MR) is 105 cm³/mol. The Balaban J connectivity index is 1.84. The van der Waals surface area contributed by atoms with Crippen molar-refractivity contribution in [1.82, 2.24) is 0 Å². The normalized spacial score (nSPS) is 25.3. The van der Waals surface area contributed by atoms with Gasteiger partial charge in [-0.15, -0.1) is 0 Å². The fraction of sp³-hybridized carbons (Fsp3) is 0.333. The van der Waals surface area contributed by atoms with Crippen molar-refractivity contribution < 1.29 is 54.8 Å². The fourth-order valence-electron chi connectivity index (χ4n) is 3.28. The molecule has 0 spiro atoms. The molecule has 5 unspecified atom stereocenters. The lowest BCUT2D eigenvalue weighted by Crippen LogP contribution is -2.61. The van der Waals surface area contributed by atoms with Crippen LogP contribution in [0.5, 0.6) is 23.0 Å². The van der Waals surface area contributed by atoms with Crippen molar-refractivity contribution in [2.24, 2.45) is 0 Å². The second kappa shape index (κ2) is 9.40. The lowest BCUT2D eigenvalue weighted by molar-refractivity contribution is -0.271. The van der Waals surface area contributed by atoms with Crippen LogP contribution in [-0.4, -0.2) is 78.2 Å². The van der Waals surface area contributed by atoms with E-state index in [1.807, 2.05) is 0 Å². The summed E-state index contributed by atoms with van der Waals surface area (Å²) in [5.41, 5.74) is 0.370. The molecule has 2 aromatic rings. The summed E-state index contributed by atoms with van der Waals surface area (Å²) in [6.45, 7) is 0. The van der Waals surface area contributed by atoms with E-state index in [1.54, 1.807) is 12.1 Å². The molecule has 0 bridgehead atoms. The molecule has 2 aromatic carbocycles. The molecule has 0 saturated carbocycles. The highest BCUT2D eigenvalue weighted by molar-refractivity contribution is 6.01. The molecule has 0 radical (unpaired) electrons. The number of hydrogen-bond donors (Lipinski definition) is 7. The maximum atomic E-state index is 12.8. The number of carboxylic acid groups (broad SMARTS) is 1. The van der Waals surface area contributed by atoms with Gasteiger partial charge in [0.25, 0.3) is 0 Å². The number of hydrogen-bond acceptors (Lipinski definition) is 10. The Morgan fingerprint density at radius 3 is 2.19 bits per heavy atom. The standard InChI is InChI=1S/C21H22O11/c22-10-4-1-9(2-5-10)3-6-12(24)15-13(25)7-11(23)8-14(15)31-21-18(28)16(26)17(27)19(32-21)20(29)30/h1-2,4-5,7-8,16-19,21-23,25-28H,3,6H2,(H,29,30). The first-order valence-corrected chi connectivity index (χ1v) is 9.54. The van der Waals surface area contributed by atoms with Crippen LogP contribution in [0.4, 0.5) is 0 Å². The molecule has 1 aliphatic heterocycles. The molecule has 3 rings (SSSR count). The van der Waals surface area contributed by atoms with Crippen molar-refractivity contribution in [2.75, 3.05) is 0 Å². The van der Waals surface area contributed by atoms with E-state index in [0.717, 1.165) is 17.7 Å². The zero-order valence-electron chi connectivity index (χ0n) is 16.5. The van der Waals surface area contributed by atoms with Crippen molar-refractivity contribution >= 4 is 11.8 Å². The van der Waals surface area contributed by atoms with Gasteiger partial charge in [0.15, 0.2) is 11.9 Å². The van der Waals surface area contributed by atoms with Crippen molar-refractivity contribution in [3.8, 4) is 23.0 Å². The zero-order valence-corrected chi connectivity index (χ0v) is 16.5. The van der Waals surface area contributed by atoms with Crippen molar-refractivity contribution in [3.05, 3.63) is 47.5 Å². The summed E-state index contributed by atoms with van der Waals surface area (Å²) < 4.78 is 10.4. The summed E-state index contributed by atoms with van der Waals surface area (Å²) >= 11 is 0. The number of carboxylic acids is 1. The number of aliphatic hydroxyl groups is 3. The number of ketones is 1.